The minimum absolute atomic E-state index is 0.0136. The highest BCUT2D eigenvalue weighted by Gasteiger charge is 2.37. The van der Waals surface area contributed by atoms with Gasteiger partial charge in [0.05, 0.1) is 0 Å². The van der Waals surface area contributed by atoms with Crippen LogP contribution in [0.2, 0.25) is 6.04 Å². The first kappa shape index (κ1) is 15.2. The Kier molecular flexibility index (Phi) is 5.33. The van der Waals surface area contributed by atoms with Crippen LogP contribution in [0.25, 0.3) is 0 Å². The van der Waals surface area contributed by atoms with Crippen molar-refractivity contribution in [2.24, 2.45) is 0 Å². The van der Waals surface area contributed by atoms with E-state index in [1.54, 1.807) is 0 Å². The minimum Gasteiger partial charge on any atom is -0.377 e. The summed E-state index contributed by atoms with van der Waals surface area (Å²) >= 11 is 0. The highest BCUT2D eigenvalue weighted by Crippen LogP contribution is 2.21. The lowest BCUT2D eigenvalue weighted by Crippen LogP contribution is -2.43. The van der Waals surface area contributed by atoms with Gasteiger partial charge >= 0.3 is 8.80 Å². The van der Waals surface area contributed by atoms with Crippen molar-refractivity contribution in [3.63, 3.8) is 0 Å². The SMILES string of the molecule is CO[Si](CCc1c(F)cc(F)cc1F)(OC)OC. The molecule has 102 valence electrons. The van der Waals surface area contributed by atoms with E-state index in [9.17, 15) is 13.2 Å². The molecule has 1 aromatic rings. The van der Waals surface area contributed by atoms with Crippen LogP contribution in [0.5, 0.6) is 0 Å². The number of benzene rings is 1. The first-order valence-corrected chi connectivity index (χ1v) is 7.20. The number of rotatable bonds is 6. The van der Waals surface area contributed by atoms with E-state index < -0.39 is 26.3 Å². The van der Waals surface area contributed by atoms with Gasteiger partial charge in [0.2, 0.25) is 0 Å². The Labute approximate surface area is 105 Å². The normalized spacial score (nSPS) is 11.9. The largest absolute Gasteiger partial charge is 0.500 e. The lowest BCUT2D eigenvalue weighted by molar-refractivity contribution is 0.123. The fraction of sp³-hybridized carbons (Fsp3) is 0.455. The summed E-state index contributed by atoms with van der Waals surface area (Å²) < 4.78 is 55.0. The summed E-state index contributed by atoms with van der Waals surface area (Å²) in [5, 5.41) is 0. The van der Waals surface area contributed by atoms with E-state index in [1.807, 2.05) is 0 Å². The van der Waals surface area contributed by atoms with Crippen molar-refractivity contribution < 1.29 is 26.4 Å². The molecule has 0 radical (unpaired) electrons. The Morgan fingerprint density at radius 3 is 1.78 bits per heavy atom. The molecular formula is C11H15F3O3Si. The number of hydrogen-bond acceptors (Lipinski definition) is 3. The van der Waals surface area contributed by atoms with Crippen molar-refractivity contribution in [2.75, 3.05) is 21.3 Å². The molecular weight excluding hydrogens is 265 g/mol. The van der Waals surface area contributed by atoms with Gasteiger partial charge in [0.15, 0.2) is 0 Å². The molecule has 1 rings (SSSR count). The van der Waals surface area contributed by atoms with Crippen LogP contribution >= 0.6 is 0 Å². The van der Waals surface area contributed by atoms with Crippen molar-refractivity contribution in [3.05, 3.63) is 35.1 Å². The highest BCUT2D eigenvalue weighted by molar-refractivity contribution is 6.60. The third kappa shape index (κ3) is 3.32. The molecule has 7 heteroatoms. The van der Waals surface area contributed by atoms with Crippen LogP contribution in [0.1, 0.15) is 5.56 Å². The molecule has 0 atom stereocenters. The van der Waals surface area contributed by atoms with Crippen LogP contribution in [0.3, 0.4) is 0 Å². The van der Waals surface area contributed by atoms with Gasteiger partial charge in [-0.1, -0.05) is 0 Å². The van der Waals surface area contributed by atoms with E-state index in [0.29, 0.717) is 12.1 Å². The van der Waals surface area contributed by atoms with Crippen LogP contribution < -0.4 is 0 Å². The Bertz CT molecular complexity index is 379. The van der Waals surface area contributed by atoms with E-state index in [4.69, 9.17) is 13.3 Å². The summed E-state index contributed by atoms with van der Waals surface area (Å²) in [5.74, 6) is -2.78. The van der Waals surface area contributed by atoms with Gasteiger partial charge in [-0.3, -0.25) is 0 Å². The van der Waals surface area contributed by atoms with E-state index in [-0.39, 0.29) is 18.0 Å². The fourth-order valence-corrected chi connectivity index (χ4v) is 3.31. The third-order valence-corrected chi connectivity index (χ3v) is 5.45. The minimum atomic E-state index is -2.89. The van der Waals surface area contributed by atoms with E-state index >= 15 is 0 Å². The van der Waals surface area contributed by atoms with Gasteiger partial charge < -0.3 is 13.3 Å². The molecule has 0 aliphatic rings. The molecule has 0 fully saturated rings. The molecule has 3 nitrogen and oxygen atoms in total. The van der Waals surface area contributed by atoms with Crippen molar-refractivity contribution in [3.8, 4) is 0 Å². The second kappa shape index (κ2) is 6.33. The van der Waals surface area contributed by atoms with Crippen molar-refractivity contribution >= 4 is 8.80 Å². The lowest BCUT2D eigenvalue weighted by Gasteiger charge is -2.24. The first-order valence-electron chi connectivity index (χ1n) is 5.27. The molecule has 0 saturated carbocycles. The van der Waals surface area contributed by atoms with Crippen LogP contribution in [0.15, 0.2) is 12.1 Å². The van der Waals surface area contributed by atoms with Gasteiger partial charge in [-0.25, -0.2) is 13.2 Å². The van der Waals surface area contributed by atoms with Crippen LogP contribution in [-0.4, -0.2) is 30.1 Å². The molecule has 0 aliphatic heterocycles. The van der Waals surface area contributed by atoms with Gasteiger partial charge in [-0.05, 0) is 6.42 Å². The van der Waals surface area contributed by atoms with Gasteiger partial charge in [0.25, 0.3) is 0 Å². The third-order valence-electron chi connectivity index (χ3n) is 2.72. The Morgan fingerprint density at radius 1 is 0.944 bits per heavy atom. The maximum Gasteiger partial charge on any atom is 0.500 e. The molecule has 0 amide bonds. The molecule has 0 saturated heterocycles. The van der Waals surface area contributed by atoms with Crippen molar-refractivity contribution in [1.82, 2.24) is 0 Å². The zero-order valence-electron chi connectivity index (χ0n) is 10.4. The highest BCUT2D eigenvalue weighted by atomic mass is 28.4. The number of halogens is 3. The van der Waals surface area contributed by atoms with Crippen molar-refractivity contribution in [1.29, 1.82) is 0 Å². The van der Waals surface area contributed by atoms with E-state index in [0.717, 1.165) is 0 Å². The van der Waals surface area contributed by atoms with Crippen LogP contribution in [-0.2, 0) is 19.7 Å². The standard InChI is InChI=1S/C11H15F3O3Si/c1-15-18(16-2,17-3)5-4-9-10(13)6-8(12)7-11(9)14/h6-7H,4-5H2,1-3H3. The van der Waals surface area contributed by atoms with Gasteiger partial charge in [0, 0.05) is 45.1 Å². The second-order valence-electron chi connectivity index (χ2n) is 3.64. The second-order valence-corrected chi connectivity index (χ2v) is 6.73. The zero-order valence-corrected chi connectivity index (χ0v) is 11.4. The fourth-order valence-electron chi connectivity index (χ4n) is 1.65. The molecule has 0 bridgehead atoms. The predicted molar refractivity (Wildman–Crippen MR) is 61.6 cm³/mol. The van der Waals surface area contributed by atoms with Gasteiger partial charge in [0.1, 0.15) is 17.5 Å². The Hall–Kier alpha value is -0.893. The average Bonchev–Trinajstić information content (AvgIpc) is 2.33. The summed E-state index contributed by atoms with van der Waals surface area (Å²) in [5.41, 5.74) is -0.195. The van der Waals surface area contributed by atoms with Crippen molar-refractivity contribution in [2.45, 2.75) is 12.5 Å². The van der Waals surface area contributed by atoms with E-state index in [2.05, 4.69) is 0 Å². The summed E-state index contributed by atoms with van der Waals surface area (Å²) in [6.07, 6.45) is 0.0136. The zero-order chi connectivity index (χ0) is 13.8. The van der Waals surface area contributed by atoms with Gasteiger partial charge in [-0.2, -0.15) is 0 Å². The average molecular weight is 280 g/mol. The molecule has 0 N–H and O–H groups in total. The Morgan fingerprint density at radius 2 is 1.39 bits per heavy atom. The summed E-state index contributed by atoms with van der Waals surface area (Å²) in [7, 11) is 1.35. The monoisotopic (exact) mass is 280 g/mol. The molecule has 0 unspecified atom stereocenters. The maximum absolute atomic E-state index is 13.4. The molecule has 0 aromatic heterocycles. The first-order chi connectivity index (χ1) is 8.48. The smallest absolute Gasteiger partial charge is 0.377 e. The molecule has 0 aliphatic carbocycles. The molecule has 0 heterocycles. The molecule has 0 spiro atoms. The quantitative estimate of drug-likeness (QED) is 0.749. The Balaban J connectivity index is 2.86. The van der Waals surface area contributed by atoms with Crippen LogP contribution in [0.4, 0.5) is 13.2 Å². The summed E-state index contributed by atoms with van der Waals surface area (Å²) in [6.45, 7) is 0. The summed E-state index contributed by atoms with van der Waals surface area (Å²) in [6, 6.07) is 1.50. The topological polar surface area (TPSA) is 27.7 Å². The lowest BCUT2D eigenvalue weighted by atomic mass is 10.1. The summed E-state index contributed by atoms with van der Waals surface area (Å²) in [4.78, 5) is 0. The van der Waals surface area contributed by atoms with Crippen LogP contribution in [0, 0.1) is 17.5 Å². The predicted octanol–water partition coefficient (Wildman–Crippen LogP) is 2.52. The number of hydrogen-bond donors (Lipinski definition) is 0. The molecule has 18 heavy (non-hydrogen) atoms. The van der Waals surface area contributed by atoms with E-state index in [1.165, 1.54) is 21.3 Å². The molecule has 1 aromatic carbocycles. The van der Waals surface area contributed by atoms with Gasteiger partial charge in [-0.15, -0.1) is 0 Å². The maximum atomic E-state index is 13.4.